The molecule has 0 saturated heterocycles. The second-order valence-electron chi connectivity index (χ2n) is 10.8. The summed E-state index contributed by atoms with van der Waals surface area (Å²) in [5.74, 6) is 0. The predicted molar refractivity (Wildman–Crippen MR) is 146 cm³/mol. The van der Waals surface area contributed by atoms with Crippen LogP contribution in [0.2, 0.25) is 0 Å². The van der Waals surface area contributed by atoms with Crippen LogP contribution in [0.5, 0.6) is 0 Å². The molecule has 0 aliphatic heterocycles. The van der Waals surface area contributed by atoms with E-state index in [1.807, 2.05) is 0 Å². The van der Waals surface area contributed by atoms with Crippen LogP contribution in [0.15, 0.2) is 0 Å². The van der Waals surface area contributed by atoms with Crippen molar-refractivity contribution in [3.8, 4) is 0 Å². The van der Waals surface area contributed by atoms with Crippen LogP contribution in [-0.2, 0) is 0 Å². The molecule has 0 aromatic carbocycles. The monoisotopic (exact) mass is 450 g/mol. The largest absolute Gasteiger partial charge is 0.312 e. The van der Waals surface area contributed by atoms with Gasteiger partial charge in [-0.15, -0.1) is 0 Å². The zero-order chi connectivity index (χ0) is 23.0. The van der Waals surface area contributed by atoms with E-state index < -0.39 is 0 Å². The molecule has 0 amide bonds. The summed E-state index contributed by atoms with van der Waals surface area (Å²) >= 11 is 0. The lowest BCUT2D eigenvalue weighted by molar-refractivity contribution is 0.281. The van der Waals surface area contributed by atoms with Gasteiger partial charge in [0.2, 0.25) is 0 Å². The van der Waals surface area contributed by atoms with Gasteiger partial charge in [0.05, 0.1) is 0 Å². The van der Waals surface area contributed by atoms with Crippen molar-refractivity contribution in [2.24, 2.45) is 0 Å². The maximum atomic E-state index is 3.92. The van der Waals surface area contributed by atoms with E-state index in [4.69, 9.17) is 0 Å². The highest BCUT2D eigenvalue weighted by atomic mass is 15.0. The average Bonchev–Trinajstić information content (AvgIpc) is 2.81. The minimum atomic E-state index is 0.727. The number of nitrogens with one attached hydrogen (secondary N) is 2. The molecule has 0 aromatic heterocycles. The highest BCUT2D eigenvalue weighted by molar-refractivity contribution is 4.86. The summed E-state index contributed by atoms with van der Waals surface area (Å²) in [7, 11) is 0. The van der Waals surface area contributed by atoms with Crippen LogP contribution in [0.25, 0.3) is 0 Å². The van der Waals surface area contributed by atoms with E-state index >= 15 is 0 Å². The zero-order valence-electron chi connectivity index (χ0n) is 22.5. The van der Waals surface area contributed by atoms with Crippen molar-refractivity contribution < 1.29 is 0 Å². The Morgan fingerprint density at radius 3 is 1.00 bits per heavy atom. The Morgan fingerprint density at radius 1 is 0.406 bits per heavy atom. The summed E-state index contributed by atoms with van der Waals surface area (Å²) in [6.45, 7) is 7.08. The van der Waals surface area contributed by atoms with Gasteiger partial charge in [0.1, 0.15) is 0 Å². The molecular weight excluding hydrogens is 388 g/mol. The quantitative estimate of drug-likeness (QED) is 0.143. The summed E-state index contributed by atoms with van der Waals surface area (Å²) in [5.41, 5.74) is 0. The Kier molecular flexibility index (Phi) is 22.5. The molecule has 0 heterocycles. The molecule has 32 heavy (non-hydrogen) atoms. The van der Waals surface area contributed by atoms with E-state index in [2.05, 4.69) is 24.5 Å². The van der Waals surface area contributed by atoms with Gasteiger partial charge >= 0.3 is 0 Å². The molecule has 0 bridgehead atoms. The maximum absolute atomic E-state index is 3.92. The van der Waals surface area contributed by atoms with Crippen molar-refractivity contribution in [1.82, 2.24) is 10.6 Å². The standard InChI is InChI=1S/C30H62N2/c1-3-5-7-9-11-13-15-17-19-23-27-31-29-25-21-22-26-30(29)32-28-24-20-18-16-14-12-10-8-6-4-2/h29-32H,3-28H2,1-2H3. The summed E-state index contributed by atoms with van der Waals surface area (Å²) < 4.78 is 0. The van der Waals surface area contributed by atoms with Gasteiger partial charge in [-0.05, 0) is 38.8 Å². The minimum Gasteiger partial charge on any atom is -0.312 e. The van der Waals surface area contributed by atoms with E-state index in [0.717, 1.165) is 12.1 Å². The molecule has 1 aliphatic carbocycles. The molecule has 2 atom stereocenters. The van der Waals surface area contributed by atoms with Gasteiger partial charge in [-0.1, -0.05) is 142 Å². The Labute approximate surface area is 203 Å². The summed E-state index contributed by atoms with van der Waals surface area (Å²) in [6, 6.07) is 1.45. The van der Waals surface area contributed by atoms with Crippen molar-refractivity contribution in [2.75, 3.05) is 13.1 Å². The SMILES string of the molecule is CCCCCCCCCCCCNC1CCCCC1NCCCCCCCCCCCC. The highest BCUT2D eigenvalue weighted by Crippen LogP contribution is 2.19. The molecule has 2 unspecified atom stereocenters. The lowest BCUT2D eigenvalue weighted by Gasteiger charge is -2.33. The molecule has 2 nitrogen and oxygen atoms in total. The van der Waals surface area contributed by atoms with E-state index in [9.17, 15) is 0 Å². The van der Waals surface area contributed by atoms with Crippen molar-refractivity contribution in [3.63, 3.8) is 0 Å². The van der Waals surface area contributed by atoms with Gasteiger partial charge in [0.25, 0.3) is 0 Å². The first-order valence-corrected chi connectivity index (χ1v) is 15.3. The van der Waals surface area contributed by atoms with Crippen LogP contribution in [0.4, 0.5) is 0 Å². The lowest BCUT2D eigenvalue weighted by atomic mass is 9.90. The second-order valence-corrected chi connectivity index (χ2v) is 10.8. The molecule has 1 aliphatic rings. The third-order valence-electron chi connectivity index (χ3n) is 7.64. The van der Waals surface area contributed by atoms with E-state index in [1.165, 1.54) is 167 Å². The normalized spacial score (nSPS) is 18.9. The number of unbranched alkanes of at least 4 members (excludes halogenated alkanes) is 18. The Bertz CT molecular complexity index is 323. The molecular formula is C30H62N2. The van der Waals surface area contributed by atoms with Crippen molar-refractivity contribution in [1.29, 1.82) is 0 Å². The lowest BCUT2D eigenvalue weighted by Crippen LogP contribution is -2.50. The van der Waals surface area contributed by atoms with Crippen molar-refractivity contribution in [2.45, 2.75) is 180 Å². The maximum Gasteiger partial charge on any atom is 0.0221 e. The van der Waals surface area contributed by atoms with Crippen LogP contribution in [0.3, 0.4) is 0 Å². The first-order chi connectivity index (χ1) is 15.9. The van der Waals surface area contributed by atoms with E-state index in [0.29, 0.717) is 0 Å². The van der Waals surface area contributed by atoms with Crippen LogP contribution in [0.1, 0.15) is 168 Å². The molecule has 2 N–H and O–H groups in total. The minimum absolute atomic E-state index is 0.727. The Morgan fingerprint density at radius 2 is 0.688 bits per heavy atom. The van der Waals surface area contributed by atoms with Gasteiger partial charge in [-0.25, -0.2) is 0 Å². The fourth-order valence-electron chi connectivity index (χ4n) is 5.42. The van der Waals surface area contributed by atoms with Gasteiger partial charge in [0.15, 0.2) is 0 Å². The summed E-state index contributed by atoms with van der Waals surface area (Å²) in [6.07, 6.45) is 34.3. The average molecular weight is 451 g/mol. The van der Waals surface area contributed by atoms with Gasteiger partial charge < -0.3 is 10.6 Å². The molecule has 0 spiro atoms. The first kappa shape index (κ1) is 30.0. The molecule has 1 rings (SSSR count). The van der Waals surface area contributed by atoms with Gasteiger partial charge in [-0.2, -0.15) is 0 Å². The fourth-order valence-corrected chi connectivity index (χ4v) is 5.42. The number of hydrogen-bond acceptors (Lipinski definition) is 2. The smallest absolute Gasteiger partial charge is 0.0221 e. The van der Waals surface area contributed by atoms with E-state index in [-0.39, 0.29) is 0 Å². The van der Waals surface area contributed by atoms with Gasteiger partial charge in [-0.3, -0.25) is 0 Å². The molecule has 192 valence electrons. The topological polar surface area (TPSA) is 24.1 Å². The molecule has 1 fully saturated rings. The van der Waals surface area contributed by atoms with Crippen LogP contribution in [0, 0.1) is 0 Å². The third-order valence-corrected chi connectivity index (χ3v) is 7.64. The second kappa shape index (κ2) is 24.1. The van der Waals surface area contributed by atoms with E-state index in [1.54, 1.807) is 0 Å². The predicted octanol–water partition coefficient (Wildman–Crippen LogP) is 9.32. The first-order valence-electron chi connectivity index (χ1n) is 15.3. The van der Waals surface area contributed by atoms with Crippen LogP contribution < -0.4 is 10.6 Å². The van der Waals surface area contributed by atoms with Crippen LogP contribution in [-0.4, -0.2) is 25.2 Å². The highest BCUT2D eigenvalue weighted by Gasteiger charge is 2.23. The molecule has 2 heteroatoms. The van der Waals surface area contributed by atoms with Crippen LogP contribution >= 0.6 is 0 Å². The number of hydrogen-bond donors (Lipinski definition) is 2. The Hall–Kier alpha value is -0.0800. The van der Waals surface area contributed by atoms with Crippen molar-refractivity contribution >= 4 is 0 Å². The zero-order valence-corrected chi connectivity index (χ0v) is 22.5. The third kappa shape index (κ3) is 18.4. The van der Waals surface area contributed by atoms with Gasteiger partial charge in [0, 0.05) is 12.1 Å². The van der Waals surface area contributed by atoms with Crippen molar-refractivity contribution in [3.05, 3.63) is 0 Å². The summed E-state index contributed by atoms with van der Waals surface area (Å²) in [5, 5.41) is 7.85. The Balaban J connectivity index is 1.92. The summed E-state index contributed by atoms with van der Waals surface area (Å²) in [4.78, 5) is 0. The molecule has 0 radical (unpaired) electrons. The molecule has 1 saturated carbocycles. The fraction of sp³-hybridized carbons (Fsp3) is 1.00. The number of rotatable bonds is 24. The molecule has 0 aromatic rings.